The number of rotatable bonds is 5. The van der Waals surface area contributed by atoms with E-state index in [4.69, 9.17) is 4.98 Å². The molecule has 2 aromatic carbocycles. The van der Waals surface area contributed by atoms with Crippen molar-refractivity contribution in [3.05, 3.63) is 63.9 Å². The van der Waals surface area contributed by atoms with Gasteiger partial charge >= 0.3 is 0 Å². The molecule has 1 saturated carbocycles. The Balaban J connectivity index is 1.67. The molecule has 1 aliphatic carbocycles. The molecule has 0 atom stereocenters. The van der Waals surface area contributed by atoms with Gasteiger partial charge < -0.3 is 5.32 Å². The summed E-state index contributed by atoms with van der Waals surface area (Å²) in [6, 6.07) is 13.7. The zero-order valence-electron chi connectivity index (χ0n) is 17.5. The highest BCUT2D eigenvalue weighted by Gasteiger charge is 2.18. The van der Waals surface area contributed by atoms with E-state index < -0.39 is 0 Å². The van der Waals surface area contributed by atoms with Gasteiger partial charge in [-0.05, 0) is 62.1 Å². The number of nitrogens with one attached hydrogen (secondary N) is 1. The fourth-order valence-corrected chi connectivity index (χ4v) is 4.99. The fourth-order valence-electron chi connectivity index (χ4n) is 4.16. The molecule has 5 nitrogen and oxygen atoms in total. The number of aryl methyl sites for hydroxylation is 2. The van der Waals surface area contributed by atoms with Crippen molar-refractivity contribution in [1.29, 1.82) is 0 Å². The average molecular weight is 422 g/mol. The van der Waals surface area contributed by atoms with Gasteiger partial charge in [0.25, 0.3) is 5.56 Å². The van der Waals surface area contributed by atoms with Crippen LogP contribution in [0.2, 0.25) is 0 Å². The van der Waals surface area contributed by atoms with Crippen LogP contribution in [0.3, 0.4) is 0 Å². The van der Waals surface area contributed by atoms with Gasteiger partial charge in [0.1, 0.15) is 0 Å². The lowest BCUT2D eigenvalue weighted by Gasteiger charge is -2.22. The number of hydrogen-bond acceptors (Lipinski definition) is 4. The van der Waals surface area contributed by atoms with Crippen molar-refractivity contribution in [2.24, 2.45) is 0 Å². The van der Waals surface area contributed by atoms with E-state index in [2.05, 4.69) is 11.4 Å². The summed E-state index contributed by atoms with van der Waals surface area (Å²) >= 11 is 1.32. The number of fused-ring (bicyclic) bond motifs is 1. The SMILES string of the molecule is Cc1cc(C)cc(-n2c(SCC(=O)NC3CCCCC3)nc3ccccc3c2=O)c1. The second-order valence-electron chi connectivity index (χ2n) is 8.09. The zero-order chi connectivity index (χ0) is 21.1. The number of carbonyl (C=O) groups excluding carboxylic acids is 1. The summed E-state index contributed by atoms with van der Waals surface area (Å²) in [5.74, 6) is 0.243. The monoisotopic (exact) mass is 421 g/mol. The zero-order valence-corrected chi connectivity index (χ0v) is 18.3. The van der Waals surface area contributed by atoms with E-state index in [1.54, 1.807) is 10.6 Å². The van der Waals surface area contributed by atoms with Crippen LogP contribution in [0.25, 0.3) is 16.6 Å². The molecule has 1 aromatic heterocycles. The summed E-state index contributed by atoms with van der Waals surface area (Å²) in [5.41, 5.74) is 3.48. The van der Waals surface area contributed by atoms with Gasteiger partial charge in [-0.3, -0.25) is 14.2 Å². The number of nitrogens with zero attached hydrogens (tertiary/aromatic N) is 2. The predicted molar refractivity (Wildman–Crippen MR) is 123 cm³/mol. The van der Waals surface area contributed by atoms with Gasteiger partial charge in [0, 0.05) is 6.04 Å². The van der Waals surface area contributed by atoms with Crippen LogP contribution in [-0.4, -0.2) is 27.3 Å². The molecule has 0 saturated heterocycles. The van der Waals surface area contributed by atoms with Gasteiger partial charge in [0.15, 0.2) is 5.16 Å². The van der Waals surface area contributed by atoms with Crippen LogP contribution >= 0.6 is 11.8 Å². The van der Waals surface area contributed by atoms with Crippen molar-refractivity contribution in [2.45, 2.75) is 57.1 Å². The molecule has 1 heterocycles. The van der Waals surface area contributed by atoms with Crippen LogP contribution < -0.4 is 10.9 Å². The van der Waals surface area contributed by atoms with Crippen LogP contribution in [0, 0.1) is 13.8 Å². The molecule has 0 unspecified atom stereocenters. The Morgan fingerprint density at radius 1 is 1.10 bits per heavy atom. The summed E-state index contributed by atoms with van der Waals surface area (Å²) in [6.07, 6.45) is 5.72. The Hall–Kier alpha value is -2.60. The van der Waals surface area contributed by atoms with E-state index in [1.807, 2.05) is 44.2 Å². The van der Waals surface area contributed by atoms with Gasteiger partial charge in [0.05, 0.1) is 22.3 Å². The second-order valence-corrected chi connectivity index (χ2v) is 9.03. The Kier molecular flexibility index (Phi) is 6.23. The number of aromatic nitrogens is 2. The summed E-state index contributed by atoms with van der Waals surface area (Å²) in [5, 5.41) is 4.26. The van der Waals surface area contributed by atoms with Gasteiger partial charge in [-0.25, -0.2) is 4.98 Å². The van der Waals surface area contributed by atoms with E-state index in [-0.39, 0.29) is 23.3 Å². The lowest BCUT2D eigenvalue weighted by Crippen LogP contribution is -2.37. The number of hydrogen-bond donors (Lipinski definition) is 1. The summed E-state index contributed by atoms with van der Waals surface area (Å²) in [4.78, 5) is 30.6. The molecule has 0 radical (unpaired) electrons. The van der Waals surface area contributed by atoms with E-state index in [9.17, 15) is 9.59 Å². The van der Waals surface area contributed by atoms with Gasteiger partial charge in [-0.15, -0.1) is 0 Å². The third-order valence-electron chi connectivity index (χ3n) is 5.51. The molecule has 30 heavy (non-hydrogen) atoms. The first kappa shape index (κ1) is 20.7. The molecule has 1 aliphatic rings. The van der Waals surface area contributed by atoms with Crippen molar-refractivity contribution in [3.63, 3.8) is 0 Å². The number of para-hydroxylation sites is 1. The third kappa shape index (κ3) is 4.59. The molecule has 4 rings (SSSR count). The van der Waals surface area contributed by atoms with E-state index in [0.29, 0.717) is 16.1 Å². The first-order valence-corrected chi connectivity index (χ1v) is 11.5. The van der Waals surface area contributed by atoms with E-state index in [1.165, 1.54) is 31.0 Å². The fraction of sp³-hybridized carbons (Fsp3) is 0.375. The first-order valence-electron chi connectivity index (χ1n) is 10.5. The lowest BCUT2D eigenvalue weighted by atomic mass is 9.95. The molecule has 156 valence electrons. The van der Waals surface area contributed by atoms with Gasteiger partial charge in [-0.2, -0.15) is 0 Å². The van der Waals surface area contributed by atoms with Gasteiger partial charge in [-0.1, -0.05) is 49.2 Å². The second kappa shape index (κ2) is 9.04. The topological polar surface area (TPSA) is 64.0 Å². The molecule has 0 aliphatic heterocycles. The van der Waals surface area contributed by atoms with Crippen molar-refractivity contribution < 1.29 is 4.79 Å². The Morgan fingerprint density at radius 2 is 1.80 bits per heavy atom. The quantitative estimate of drug-likeness (QED) is 0.485. The van der Waals surface area contributed by atoms with Crippen molar-refractivity contribution in [3.8, 4) is 5.69 Å². The maximum absolute atomic E-state index is 13.3. The minimum atomic E-state index is -0.110. The smallest absolute Gasteiger partial charge is 0.266 e. The standard InChI is InChI=1S/C24H27N3O2S/c1-16-12-17(2)14-19(13-16)27-23(29)20-10-6-7-11-21(20)26-24(27)30-15-22(28)25-18-8-4-3-5-9-18/h6-7,10-14,18H,3-5,8-9,15H2,1-2H3,(H,25,28). The summed E-state index contributed by atoms with van der Waals surface area (Å²) in [7, 11) is 0. The highest BCUT2D eigenvalue weighted by Crippen LogP contribution is 2.23. The minimum absolute atomic E-state index is 0.00119. The van der Waals surface area contributed by atoms with Crippen LogP contribution in [0.15, 0.2) is 52.4 Å². The molecular formula is C24H27N3O2S. The largest absolute Gasteiger partial charge is 0.353 e. The van der Waals surface area contributed by atoms with Crippen LogP contribution in [-0.2, 0) is 4.79 Å². The van der Waals surface area contributed by atoms with Crippen molar-refractivity contribution >= 4 is 28.6 Å². The molecule has 1 amide bonds. The van der Waals surface area contributed by atoms with Crippen LogP contribution in [0.1, 0.15) is 43.2 Å². The molecule has 6 heteroatoms. The van der Waals surface area contributed by atoms with E-state index in [0.717, 1.165) is 29.7 Å². The summed E-state index contributed by atoms with van der Waals surface area (Å²) in [6.45, 7) is 4.03. The Bertz CT molecular complexity index is 1110. The highest BCUT2D eigenvalue weighted by atomic mass is 32.2. The molecular weight excluding hydrogens is 394 g/mol. The lowest BCUT2D eigenvalue weighted by molar-refractivity contribution is -0.119. The molecule has 1 N–H and O–H groups in total. The van der Waals surface area contributed by atoms with Gasteiger partial charge in [0.2, 0.25) is 5.91 Å². The predicted octanol–water partition coefficient (Wildman–Crippen LogP) is 4.54. The van der Waals surface area contributed by atoms with Crippen molar-refractivity contribution in [2.75, 3.05) is 5.75 Å². The number of carbonyl (C=O) groups is 1. The Morgan fingerprint density at radius 3 is 2.53 bits per heavy atom. The number of amides is 1. The van der Waals surface area contributed by atoms with Crippen molar-refractivity contribution in [1.82, 2.24) is 14.9 Å². The van der Waals surface area contributed by atoms with E-state index >= 15 is 0 Å². The first-order chi connectivity index (χ1) is 14.5. The minimum Gasteiger partial charge on any atom is -0.353 e. The average Bonchev–Trinajstić information content (AvgIpc) is 2.72. The molecule has 0 bridgehead atoms. The van der Waals surface area contributed by atoms with Crippen LogP contribution in [0.5, 0.6) is 0 Å². The molecule has 1 fully saturated rings. The maximum Gasteiger partial charge on any atom is 0.266 e. The maximum atomic E-state index is 13.3. The Labute approximate surface area is 180 Å². The third-order valence-corrected chi connectivity index (χ3v) is 6.45. The van der Waals surface area contributed by atoms with Crippen LogP contribution in [0.4, 0.5) is 0 Å². The molecule has 0 spiro atoms. The highest BCUT2D eigenvalue weighted by molar-refractivity contribution is 7.99. The summed E-state index contributed by atoms with van der Waals surface area (Å²) < 4.78 is 1.64. The molecule has 3 aromatic rings. The normalized spacial score (nSPS) is 14.7. The number of benzene rings is 2. The number of thioether (sulfide) groups is 1.